The Morgan fingerprint density at radius 2 is 1.64 bits per heavy atom. The van der Waals surface area contributed by atoms with Gasteiger partial charge in [0.05, 0.1) is 5.52 Å². The molecule has 0 spiro atoms. The molecule has 106 valence electrons. The SMILES string of the molecule is Fc1ccc(-c2cccc3c2ncc2c(Cl)nccc23)cc1. The van der Waals surface area contributed by atoms with E-state index >= 15 is 0 Å². The summed E-state index contributed by atoms with van der Waals surface area (Å²) in [4.78, 5) is 8.64. The number of nitrogens with zero attached hydrogens (tertiary/aromatic N) is 2. The van der Waals surface area contributed by atoms with Gasteiger partial charge in [-0.05, 0) is 29.1 Å². The van der Waals surface area contributed by atoms with E-state index in [2.05, 4.69) is 9.97 Å². The van der Waals surface area contributed by atoms with E-state index in [1.165, 1.54) is 12.1 Å². The minimum Gasteiger partial charge on any atom is -0.255 e. The molecular formula is C18H10ClFN2. The van der Waals surface area contributed by atoms with E-state index in [-0.39, 0.29) is 5.82 Å². The van der Waals surface area contributed by atoms with Crippen molar-refractivity contribution in [1.29, 1.82) is 0 Å². The van der Waals surface area contributed by atoms with Crippen LogP contribution < -0.4 is 0 Å². The molecule has 2 heterocycles. The first-order valence-electron chi connectivity index (χ1n) is 6.82. The average Bonchev–Trinajstić information content (AvgIpc) is 2.55. The second-order valence-electron chi connectivity index (χ2n) is 5.03. The zero-order chi connectivity index (χ0) is 15.1. The third-order valence-corrected chi connectivity index (χ3v) is 4.05. The molecule has 2 aromatic carbocycles. The van der Waals surface area contributed by atoms with Gasteiger partial charge in [-0.2, -0.15) is 0 Å². The van der Waals surface area contributed by atoms with E-state index in [1.807, 2.05) is 24.3 Å². The highest BCUT2D eigenvalue weighted by Gasteiger charge is 2.09. The molecule has 4 rings (SSSR count). The second-order valence-corrected chi connectivity index (χ2v) is 5.39. The number of pyridine rings is 2. The Kier molecular flexibility index (Phi) is 3.01. The predicted molar refractivity (Wildman–Crippen MR) is 87.4 cm³/mol. The smallest absolute Gasteiger partial charge is 0.138 e. The van der Waals surface area contributed by atoms with Crippen LogP contribution in [0.2, 0.25) is 5.15 Å². The molecule has 0 saturated carbocycles. The van der Waals surface area contributed by atoms with Crippen LogP contribution in [-0.2, 0) is 0 Å². The summed E-state index contributed by atoms with van der Waals surface area (Å²) in [6.07, 6.45) is 3.43. The zero-order valence-corrected chi connectivity index (χ0v) is 12.2. The average molecular weight is 309 g/mol. The van der Waals surface area contributed by atoms with Gasteiger partial charge >= 0.3 is 0 Å². The van der Waals surface area contributed by atoms with Crippen LogP contribution in [0.5, 0.6) is 0 Å². The Labute approximate surface area is 131 Å². The monoisotopic (exact) mass is 308 g/mol. The Hall–Kier alpha value is -2.52. The van der Waals surface area contributed by atoms with Gasteiger partial charge in [0.2, 0.25) is 0 Å². The highest BCUT2D eigenvalue weighted by Crippen LogP contribution is 2.32. The molecule has 0 unspecified atom stereocenters. The molecule has 0 saturated heterocycles. The Morgan fingerprint density at radius 1 is 0.818 bits per heavy atom. The van der Waals surface area contributed by atoms with Gasteiger partial charge in [0.15, 0.2) is 0 Å². The summed E-state index contributed by atoms with van der Waals surface area (Å²) in [6, 6.07) is 14.3. The summed E-state index contributed by atoms with van der Waals surface area (Å²) in [5, 5.41) is 3.28. The molecule has 2 nitrogen and oxygen atoms in total. The standard InChI is InChI=1S/C18H10ClFN2/c19-18-16-10-22-17-13(11-4-6-12(20)7-5-11)2-1-3-15(17)14(16)8-9-21-18/h1-10H. The number of aromatic nitrogens is 2. The van der Waals surface area contributed by atoms with E-state index in [9.17, 15) is 4.39 Å². The maximum atomic E-state index is 13.1. The summed E-state index contributed by atoms with van der Waals surface area (Å²) in [7, 11) is 0. The molecule has 4 heteroatoms. The van der Waals surface area contributed by atoms with E-state index in [4.69, 9.17) is 11.6 Å². The van der Waals surface area contributed by atoms with Gasteiger partial charge in [-0.3, -0.25) is 4.98 Å². The first-order valence-corrected chi connectivity index (χ1v) is 7.20. The molecule has 0 atom stereocenters. The lowest BCUT2D eigenvalue weighted by molar-refractivity contribution is 0.628. The molecule has 22 heavy (non-hydrogen) atoms. The molecule has 0 radical (unpaired) electrons. The molecule has 2 aromatic heterocycles. The summed E-state index contributed by atoms with van der Waals surface area (Å²) in [5.74, 6) is -0.250. The molecule has 0 amide bonds. The van der Waals surface area contributed by atoms with Gasteiger partial charge in [0.1, 0.15) is 11.0 Å². The molecule has 4 aromatic rings. The van der Waals surface area contributed by atoms with Gasteiger partial charge < -0.3 is 0 Å². The number of fused-ring (bicyclic) bond motifs is 3. The maximum Gasteiger partial charge on any atom is 0.138 e. The first-order chi connectivity index (χ1) is 10.7. The van der Waals surface area contributed by atoms with E-state index < -0.39 is 0 Å². The zero-order valence-electron chi connectivity index (χ0n) is 11.4. The van der Waals surface area contributed by atoms with E-state index in [0.29, 0.717) is 5.15 Å². The number of para-hydroxylation sites is 1. The van der Waals surface area contributed by atoms with E-state index in [1.54, 1.807) is 24.5 Å². The van der Waals surface area contributed by atoms with Crippen molar-refractivity contribution < 1.29 is 4.39 Å². The minimum absolute atomic E-state index is 0.250. The molecule has 0 fully saturated rings. The molecule has 0 N–H and O–H groups in total. The van der Waals surface area contributed by atoms with Crippen LogP contribution in [0, 0.1) is 5.82 Å². The number of hydrogen-bond acceptors (Lipinski definition) is 2. The maximum absolute atomic E-state index is 13.1. The topological polar surface area (TPSA) is 25.8 Å². The largest absolute Gasteiger partial charge is 0.255 e. The lowest BCUT2D eigenvalue weighted by atomic mass is 10.00. The number of benzene rings is 2. The fourth-order valence-electron chi connectivity index (χ4n) is 2.70. The van der Waals surface area contributed by atoms with Crippen molar-refractivity contribution in [1.82, 2.24) is 9.97 Å². The van der Waals surface area contributed by atoms with Crippen LogP contribution in [0.25, 0.3) is 32.8 Å². The third-order valence-electron chi connectivity index (χ3n) is 3.75. The lowest BCUT2D eigenvalue weighted by Crippen LogP contribution is -1.88. The van der Waals surface area contributed by atoms with Crippen LogP contribution in [0.3, 0.4) is 0 Å². The minimum atomic E-state index is -0.250. The van der Waals surface area contributed by atoms with Crippen LogP contribution in [0.15, 0.2) is 60.9 Å². The quantitative estimate of drug-likeness (QED) is 0.355. The van der Waals surface area contributed by atoms with Crippen molar-refractivity contribution in [3.05, 3.63) is 71.9 Å². The van der Waals surface area contributed by atoms with Crippen molar-refractivity contribution >= 4 is 33.3 Å². The van der Waals surface area contributed by atoms with Crippen LogP contribution >= 0.6 is 11.6 Å². The van der Waals surface area contributed by atoms with E-state index in [0.717, 1.165) is 32.8 Å². The molecule has 0 bridgehead atoms. The highest BCUT2D eigenvalue weighted by molar-refractivity contribution is 6.35. The normalized spacial score (nSPS) is 11.2. The van der Waals surface area contributed by atoms with Crippen LogP contribution in [0.1, 0.15) is 0 Å². The van der Waals surface area contributed by atoms with Gasteiger partial charge in [0, 0.05) is 28.7 Å². The first kappa shape index (κ1) is 13.2. The molecule has 0 aliphatic rings. The van der Waals surface area contributed by atoms with Gasteiger partial charge in [-0.15, -0.1) is 0 Å². The fourth-order valence-corrected chi connectivity index (χ4v) is 2.90. The Balaban J connectivity index is 2.07. The number of halogens is 2. The van der Waals surface area contributed by atoms with Crippen LogP contribution in [-0.4, -0.2) is 9.97 Å². The summed E-state index contributed by atoms with van der Waals surface area (Å²) in [5.41, 5.74) is 2.76. The molecular weight excluding hydrogens is 299 g/mol. The summed E-state index contributed by atoms with van der Waals surface area (Å²) in [6.45, 7) is 0. The molecule has 0 aliphatic heterocycles. The van der Waals surface area contributed by atoms with Gasteiger partial charge in [-0.25, -0.2) is 9.37 Å². The van der Waals surface area contributed by atoms with Crippen molar-refractivity contribution in [2.45, 2.75) is 0 Å². The van der Waals surface area contributed by atoms with Gasteiger partial charge in [-0.1, -0.05) is 41.9 Å². The van der Waals surface area contributed by atoms with Crippen molar-refractivity contribution in [3.8, 4) is 11.1 Å². The summed E-state index contributed by atoms with van der Waals surface area (Å²) >= 11 is 6.14. The highest BCUT2D eigenvalue weighted by atomic mass is 35.5. The summed E-state index contributed by atoms with van der Waals surface area (Å²) < 4.78 is 13.1. The van der Waals surface area contributed by atoms with Gasteiger partial charge in [0.25, 0.3) is 0 Å². The predicted octanol–water partition coefficient (Wildman–Crippen LogP) is 5.24. The number of hydrogen-bond donors (Lipinski definition) is 0. The molecule has 0 aliphatic carbocycles. The Bertz CT molecular complexity index is 997. The lowest BCUT2D eigenvalue weighted by Gasteiger charge is -2.09. The fraction of sp³-hybridized carbons (Fsp3) is 0. The number of rotatable bonds is 1. The van der Waals surface area contributed by atoms with Crippen molar-refractivity contribution in [2.24, 2.45) is 0 Å². The third kappa shape index (κ3) is 2.02. The van der Waals surface area contributed by atoms with Crippen molar-refractivity contribution in [3.63, 3.8) is 0 Å². The van der Waals surface area contributed by atoms with Crippen molar-refractivity contribution in [2.75, 3.05) is 0 Å². The van der Waals surface area contributed by atoms with Crippen LogP contribution in [0.4, 0.5) is 4.39 Å². The Morgan fingerprint density at radius 3 is 2.45 bits per heavy atom. The second kappa shape index (κ2) is 5.04.